The Morgan fingerprint density at radius 3 is 2.56 bits per heavy atom. The summed E-state index contributed by atoms with van der Waals surface area (Å²) in [6.45, 7) is 9.88. The van der Waals surface area contributed by atoms with Crippen molar-refractivity contribution in [3.05, 3.63) is 11.8 Å². The minimum absolute atomic E-state index is 0.641. The standard InChI is InChI=1S/C15H27N3/c1-3-17(4-2)12-8-14-18(13-7-11-16)15-9-5-6-10-15/h9H,3-8,10,12-14H2,1-2H3. The van der Waals surface area contributed by atoms with Gasteiger partial charge in [-0.3, -0.25) is 0 Å². The maximum atomic E-state index is 8.74. The number of rotatable bonds is 9. The van der Waals surface area contributed by atoms with E-state index in [2.05, 4.69) is 35.8 Å². The van der Waals surface area contributed by atoms with Gasteiger partial charge in [0.15, 0.2) is 0 Å². The molecule has 0 heterocycles. The van der Waals surface area contributed by atoms with Crippen molar-refractivity contribution >= 4 is 0 Å². The van der Waals surface area contributed by atoms with Crippen molar-refractivity contribution in [2.45, 2.75) is 46.0 Å². The molecular weight excluding hydrogens is 222 g/mol. The second-order valence-corrected chi connectivity index (χ2v) is 4.86. The lowest BCUT2D eigenvalue weighted by Crippen LogP contribution is -2.30. The number of hydrogen-bond donors (Lipinski definition) is 0. The summed E-state index contributed by atoms with van der Waals surface area (Å²) in [5, 5.41) is 8.74. The van der Waals surface area contributed by atoms with Crippen LogP contribution in [0.5, 0.6) is 0 Å². The van der Waals surface area contributed by atoms with E-state index in [4.69, 9.17) is 5.26 Å². The number of allylic oxidation sites excluding steroid dienone is 2. The monoisotopic (exact) mass is 249 g/mol. The van der Waals surface area contributed by atoms with Gasteiger partial charge < -0.3 is 9.80 Å². The summed E-state index contributed by atoms with van der Waals surface area (Å²) in [5.41, 5.74) is 1.48. The zero-order chi connectivity index (χ0) is 13.2. The van der Waals surface area contributed by atoms with E-state index < -0.39 is 0 Å². The van der Waals surface area contributed by atoms with Crippen LogP contribution >= 0.6 is 0 Å². The highest BCUT2D eigenvalue weighted by Crippen LogP contribution is 2.21. The molecule has 0 aromatic heterocycles. The van der Waals surface area contributed by atoms with Gasteiger partial charge >= 0.3 is 0 Å². The van der Waals surface area contributed by atoms with Crippen molar-refractivity contribution < 1.29 is 0 Å². The highest BCUT2D eigenvalue weighted by atomic mass is 15.1. The van der Waals surface area contributed by atoms with Gasteiger partial charge in [0, 0.05) is 18.8 Å². The predicted octanol–water partition coefficient (Wildman–Crippen LogP) is 3.00. The number of hydrogen-bond acceptors (Lipinski definition) is 3. The topological polar surface area (TPSA) is 30.3 Å². The molecule has 0 radical (unpaired) electrons. The Kier molecular flexibility index (Phi) is 7.52. The molecule has 0 amide bonds. The van der Waals surface area contributed by atoms with Crippen LogP contribution in [0.1, 0.15) is 46.0 Å². The second kappa shape index (κ2) is 8.99. The Hall–Kier alpha value is -1.01. The van der Waals surface area contributed by atoms with E-state index in [1.807, 2.05) is 0 Å². The highest BCUT2D eigenvalue weighted by molar-refractivity contribution is 5.07. The van der Waals surface area contributed by atoms with Crippen molar-refractivity contribution in [1.82, 2.24) is 9.80 Å². The SMILES string of the molecule is CCN(CC)CCCN(CCC#N)C1=CCCC1. The Labute approximate surface area is 112 Å². The van der Waals surface area contributed by atoms with E-state index >= 15 is 0 Å². The van der Waals surface area contributed by atoms with E-state index in [0.717, 1.165) is 26.2 Å². The summed E-state index contributed by atoms with van der Waals surface area (Å²) in [7, 11) is 0. The third kappa shape index (κ3) is 5.10. The molecule has 0 atom stereocenters. The molecule has 1 aliphatic carbocycles. The molecule has 0 N–H and O–H groups in total. The lowest BCUT2D eigenvalue weighted by atomic mass is 10.2. The lowest BCUT2D eigenvalue weighted by molar-refractivity contribution is 0.266. The van der Waals surface area contributed by atoms with Crippen molar-refractivity contribution in [1.29, 1.82) is 5.26 Å². The molecular formula is C15H27N3. The third-order valence-electron chi connectivity index (χ3n) is 3.71. The quantitative estimate of drug-likeness (QED) is 0.629. The van der Waals surface area contributed by atoms with E-state index in [-0.39, 0.29) is 0 Å². The third-order valence-corrected chi connectivity index (χ3v) is 3.71. The van der Waals surface area contributed by atoms with Crippen LogP contribution < -0.4 is 0 Å². The molecule has 102 valence electrons. The van der Waals surface area contributed by atoms with E-state index in [0.29, 0.717) is 6.42 Å². The normalized spacial score (nSPS) is 14.7. The first-order valence-corrected chi connectivity index (χ1v) is 7.35. The molecule has 1 aliphatic rings. The summed E-state index contributed by atoms with van der Waals surface area (Å²) in [6.07, 6.45) is 7.90. The smallest absolute Gasteiger partial charge is 0.0640 e. The average Bonchev–Trinajstić information content (AvgIpc) is 2.92. The van der Waals surface area contributed by atoms with Gasteiger partial charge in [-0.25, -0.2) is 0 Å². The summed E-state index contributed by atoms with van der Waals surface area (Å²) in [6, 6.07) is 2.26. The fourth-order valence-corrected chi connectivity index (χ4v) is 2.55. The van der Waals surface area contributed by atoms with E-state index in [1.54, 1.807) is 0 Å². The van der Waals surface area contributed by atoms with Crippen LogP contribution in [0.15, 0.2) is 11.8 Å². The zero-order valence-corrected chi connectivity index (χ0v) is 12.0. The molecule has 0 bridgehead atoms. The number of nitrogens with zero attached hydrogens (tertiary/aromatic N) is 3. The van der Waals surface area contributed by atoms with Gasteiger partial charge in [0.2, 0.25) is 0 Å². The summed E-state index contributed by atoms with van der Waals surface area (Å²) in [5.74, 6) is 0. The van der Waals surface area contributed by atoms with Crippen molar-refractivity contribution in [2.24, 2.45) is 0 Å². The maximum absolute atomic E-state index is 8.74. The highest BCUT2D eigenvalue weighted by Gasteiger charge is 2.13. The van der Waals surface area contributed by atoms with Crippen LogP contribution in [0, 0.1) is 11.3 Å². The Balaban J connectivity index is 2.34. The van der Waals surface area contributed by atoms with Gasteiger partial charge in [0.05, 0.1) is 12.5 Å². The first-order chi connectivity index (χ1) is 8.81. The van der Waals surface area contributed by atoms with Crippen molar-refractivity contribution in [3.63, 3.8) is 0 Å². The van der Waals surface area contributed by atoms with Crippen LogP contribution in [0.3, 0.4) is 0 Å². The molecule has 0 saturated carbocycles. The summed E-state index contributed by atoms with van der Waals surface area (Å²) < 4.78 is 0. The predicted molar refractivity (Wildman–Crippen MR) is 76.1 cm³/mol. The molecule has 0 aromatic rings. The van der Waals surface area contributed by atoms with Crippen LogP contribution in [0.4, 0.5) is 0 Å². The van der Waals surface area contributed by atoms with Crippen molar-refractivity contribution in [2.75, 3.05) is 32.7 Å². The largest absolute Gasteiger partial charge is 0.374 e. The average molecular weight is 249 g/mol. The summed E-state index contributed by atoms with van der Waals surface area (Å²) in [4.78, 5) is 4.89. The molecule has 0 aromatic carbocycles. The fourth-order valence-electron chi connectivity index (χ4n) is 2.55. The van der Waals surface area contributed by atoms with Crippen LogP contribution in [-0.2, 0) is 0 Å². The molecule has 3 heteroatoms. The molecule has 0 unspecified atom stereocenters. The molecule has 0 saturated heterocycles. The minimum atomic E-state index is 0.641. The van der Waals surface area contributed by atoms with Gasteiger partial charge in [-0.05, 0) is 45.3 Å². The fraction of sp³-hybridized carbons (Fsp3) is 0.800. The first kappa shape index (κ1) is 15.0. The molecule has 3 nitrogen and oxygen atoms in total. The lowest BCUT2D eigenvalue weighted by Gasteiger charge is -2.26. The number of nitriles is 1. The molecule has 18 heavy (non-hydrogen) atoms. The second-order valence-electron chi connectivity index (χ2n) is 4.86. The zero-order valence-electron chi connectivity index (χ0n) is 12.0. The molecule has 1 rings (SSSR count). The van der Waals surface area contributed by atoms with E-state index in [9.17, 15) is 0 Å². The Bertz CT molecular complexity index is 287. The molecule has 0 aliphatic heterocycles. The van der Waals surface area contributed by atoms with E-state index in [1.165, 1.54) is 37.9 Å². The van der Waals surface area contributed by atoms with Gasteiger partial charge in [-0.2, -0.15) is 5.26 Å². The van der Waals surface area contributed by atoms with Crippen LogP contribution in [0.2, 0.25) is 0 Å². The Morgan fingerprint density at radius 2 is 2.00 bits per heavy atom. The first-order valence-electron chi connectivity index (χ1n) is 7.35. The molecule has 0 spiro atoms. The maximum Gasteiger partial charge on any atom is 0.0640 e. The Morgan fingerprint density at radius 1 is 1.22 bits per heavy atom. The van der Waals surface area contributed by atoms with Crippen LogP contribution in [-0.4, -0.2) is 42.5 Å². The van der Waals surface area contributed by atoms with Gasteiger partial charge in [-0.15, -0.1) is 0 Å². The summed E-state index contributed by atoms with van der Waals surface area (Å²) >= 11 is 0. The molecule has 0 fully saturated rings. The van der Waals surface area contributed by atoms with Crippen LogP contribution in [0.25, 0.3) is 0 Å². The van der Waals surface area contributed by atoms with Gasteiger partial charge in [0.1, 0.15) is 0 Å². The minimum Gasteiger partial charge on any atom is -0.374 e. The van der Waals surface area contributed by atoms with Gasteiger partial charge in [-0.1, -0.05) is 19.9 Å². The van der Waals surface area contributed by atoms with Crippen molar-refractivity contribution in [3.8, 4) is 6.07 Å². The van der Waals surface area contributed by atoms with Gasteiger partial charge in [0.25, 0.3) is 0 Å².